The van der Waals surface area contributed by atoms with Gasteiger partial charge in [0.25, 0.3) is 0 Å². The minimum atomic E-state index is -1.01. The van der Waals surface area contributed by atoms with Gasteiger partial charge in [0.15, 0.2) is 0 Å². The first kappa shape index (κ1) is 28.1. The van der Waals surface area contributed by atoms with Crippen LogP contribution in [0.15, 0.2) is 48.7 Å². The third-order valence-electron chi connectivity index (χ3n) is 8.10. The van der Waals surface area contributed by atoms with Gasteiger partial charge in [-0.3, -0.25) is 0 Å². The van der Waals surface area contributed by atoms with E-state index in [4.69, 9.17) is 9.47 Å². The lowest BCUT2D eigenvalue weighted by atomic mass is 9.82. The number of halogens is 1. The second-order valence-corrected chi connectivity index (χ2v) is 12.2. The predicted octanol–water partition coefficient (Wildman–Crippen LogP) is 5.73. The fourth-order valence-corrected chi connectivity index (χ4v) is 5.72. The van der Waals surface area contributed by atoms with E-state index in [9.17, 15) is 14.3 Å². The average molecular weight is 546 g/mol. The number of carbonyl (C=O) groups is 1. The van der Waals surface area contributed by atoms with Crippen LogP contribution in [-0.2, 0) is 17.8 Å². The number of ether oxygens (including phenoxy) is 2. The van der Waals surface area contributed by atoms with Gasteiger partial charge in [-0.15, -0.1) is 0 Å². The van der Waals surface area contributed by atoms with E-state index in [1.54, 1.807) is 13.0 Å². The lowest BCUT2D eigenvalue weighted by molar-refractivity contribution is -0.311. The molecule has 6 nitrogen and oxygen atoms in total. The van der Waals surface area contributed by atoms with Crippen LogP contribution in [0.2, 0.25) is 0 Å². The summed E-state index contributed by atoms with van der Waals surface area (Å²) >= 11 is 0. The first-order valence-corrected chi connectivity index (χ1v) is 14.1. The molecule has 3 aromatic rings. The molecule has 2 heterocycles. The fourth-order valence-electron chi connectivity index (χ4n) is 5.72. The highest BCUT2D eigenvalue weighted by Crippen LogP contribution is 2.48. The number of fused-ring (bicyclic) bond motifs is 1. The van der Waals surface area contributed by atoms with E-state index in [-0.39, 0.29) is 17.6 Å². The molecule has 3 atom stereocenters. The topological polar surface area (TPSA) is 83.5 Å². The molecule has 1 N–H and O–H groups in total. The summed E-state index contributed by atoms with van der Waals surface area (Å²) in [7, 11) is 1.52. The van der Waals surface area contributed by atoms with Crippen LogP contribution >= 0.6 is 0 Å². The van der Waals surface area contributed by atoms with Crippen molar-refractivity contribution < 1.29 is 23.8 Å². The third kappa shape index (κ3) is 6.15. The molecule has 212 valence electrons. The average Bonchev–Trinajstić information content (AvgIpc) is 3.76. The molecule has 1 aliphatic heterocycles. The van der Waals surface area contributed by atoms with Gasteiger partial charge < -0.3 is 24.7 Å². The van der Waals surface area contributed by atoms with E-state index >= 15 is 0 Å². The van der Waals surface area contributed by atoms with Crippen molar-refractivity contribution in [3.8, 4) is 22.8 Å². The number of nitrogens with zero attached hydrogens (tertiary/aromatic N) is 1. The Morgan fingerprint density at radius 3 is 2.60 bits per heavy atom. The molecule has 0 bridgehead atoms. The third-order valence-corrected chi connectivity index (χ3v) is 8.10. The Bertz CT molecular complexity index is 1400. The molecule has 0 saturated heterocycles. The summed E-state index contributed by atoms with van der Waals surface area (Å²) in [5, 5.41) is 15.3. The number of aromatic nitrogens is 1. The molecule has 5 rings (SSSR count). The summed E-state index contributed by atoms with van der Waals surface area (Å²) < 4.78 is 26.8. The van der Waals surface area contributed by atoms with E-state index in [2.05, 4.69) is 49.3 Å². The number of pyridine rings is 1. The SMILES string of the molecule is COc1cc(-c2ccc(C3CCc4ccc([C@H](C5CC5)[C@H](C)C(=O)[O-])cc4O3)cc2CNC(C)(C)C)c(F)cn1. The Morgan fingerprint density at radius 1 is 1.15 bits per heavy atom. The number of aliphatic carboxylic acids is 1. The van der Waals surface area contributed by atoms with E-state index in [0.717, 1.165) is 59.3 Å². The lowest BCUT2D eigenvalue weighted by Gasteiger charge is -2.30. The molecule has 2 aromatic carbocycles. The molecule has 1 fully saturated rings. The van der Waals surface area contributed by atoms with Gasteiger partial charge in [-0.05, 0) is 92.2 Å². The standard InChI is InChI=1S/C33H39FN2O4/c1-19(32(37)38)31(21-7-8-21)23-9-6-20-11-13-28(40-29(20)15-23)22-10-12-25(24(14-22)17-36-33(2,3)4)26-16-30(39-5)35-18-27(26)34/h6,9-10,12,14-16,18-19,21,28,31,36H,7-8,11,13,17H2,1-5H3,(H,37,38)/p-1/t19-,28?,31-/m0/s1. The van der Waals surface area contributed by atoms with Crippen molar-refractivity contribution in [1.29, 1.82) is 0 Å². The summed E-state index contributed by atoms with van der Waals surface area (Å²) in [6.07, 6.45) is 4.79. The van der Waals surface area contributed by atoms with Gasteiger partial charge in [-0.1, -0.05) is 37.3 Å². The summed E-state index contributed by atoms with van der Waals surface area (Å²) in [6, 6.07) is 13.9. The molecule has 0 radical (unpaired) electrons. The quantitative estimate of drug-likeness (QED) is 0.370. The number of rotatable bonds is 9. The summed E-state index contributed by atoms with van der Waals surface area (Å²) in [5.74, 6) is -0.486. The Hall–Kier alpha value is -3.45. The van der Waals surface area contributed by atoms with Gasteiger partial charge in [-0.25, -0.2) is 9.37 Å². The lowest BCUT2D eigenvalue weighted by Crippen LogP contribution is -2.35. The van der Waals surface area contributed by atoms with Crippen LogP contribution in [0.5, 0.6) is 11.6 Å². The molecular formula is C33H38FN2O4-. The number of hydrogen-bond donors (Lipinski definition) is 1. The molecule has 1 unspecified atom stereocenters. The minimum absolute atomic E-state index is 0.0686. The molecule has 0 amide bonds. The van der Waals surface area contributed by atoms with Crippen molar-refractivity contribution in [2.45, 2.75) is 77.5 Å². The van der Waals surface area contributed by atoms with E-state index in [0.29, 0.717) is 23.9 Å². The number of carbonyl (C=O) groups excluding carboxylic acids is 1. The highest BCUT2D eigenvalue weighted by atomic mass is 19.1. The van der Waals surface area contributed by atoms with Crippen LogP contribution in [0.25, 0.3) is 11.1 Å². The maximum absolute atomic E-state index is 14.9. The Kier molecular flexibility index (Phi) is 7.87. The van der Waals surface area contributed by atoms with Crippen molar-refractivity contribution in [3.05, 3.63) is 76.7 Å². The zero-order valence-electron chi connectivity index (χ0n) is 23.9. The fraction of sp³-hybridized carbons (Fsp3) is 0.455. The number of methoxy groups -OCH3 is 1. The number of nitrogens with one attached hydrogen (secondary N) is 1. The van der Waals surface area contributed by atoms with E-state index in [1.165, 1.54) is 13.3 Å². The maximum atomic E-state index is 14.9. The largest absolute Gasteiger partial charge is 0.550 e. The highest BCUT2D eigenvalue weighted by molar-refractivity contribution is 5.70. The predicted molar refractivity (Wildman–Crippen MR) is 151 cm³/mol. The van der Waals surface area contributed by atoms with Crippen LogP contribution < -0.4 is 19.9 Å². The number of benzene rings is 2. The zero-order valence-corrected chi connectivity index (χ0v) is 23.9. The van der Waals surface area contributed by atoms with Crippen molar-refractivity contribution >= 4 is 5.97 Å². The van der Waals surface area contributed by atoms with Crippen molar-refractivity contribution in [2.75, 3.05) is 7.11 Å². The van der Waals surface area contributed by atoms with Gasteiger partial charge in [0.05, 0.1) is 13.3 Å². The van der Waals surface area contributed by atoms with Gasteiger partial charge in [0.1, 0.15) is 17.7 Å². The van der Waals surface area contributed by atoms with Crippen LogP contribution in [0.4, 0.5) is 4.39 Å². The normalized spacial score (nSPS) is 18.4. The second kappa shape index (κ2) is 11.2. The summed E-state index contributed by atoms with van der Waals surface area (Å²) in [4.78, 5) is 15.7. The van der Waals surface area contributed by atoms with Crippen LogP contribution in [0.1, 0.15) is 81.2 Å². The minimum Gasteiger partial charge on any atom is -0.550 e. The first-order valence-electron chi connectivity index (χ1n) is 14.1. The molecule has 40 heavy (non-hydrogen) atoms. The Balaban J connectivity index is 1.46. The molecule has 7 heteroatoms. The van der Waals surface area contributed by atoms with Crippen LogP contribution in [0, 0.1) is 17.7 Å². The van der Waals surface area contributed by atoms with Gasteiger partial charge in [0.2, 0.25) is 5.88 Å². The molecule has 1 saturated carbocycles. The van der Waals surface area contributed by atoms with Crippen molar-refractivity contribution in [2.24, 2.45) is 11.8 Å². The highest BCUT2D eigenvalue weighted by Gasteiger charge is 2.37. The summed E-state index contributed by atoms with van der Waals surface area (Å²) in [6.45, 7) is 8.59. The molecular weight excluding hydrogens is 507 g/mol. The Labute approximate surface area is 235 Å². The molecule has 0 spiro atoms. The number of carboxylic acids is 1. The van der Waals surface area contributed by atoms with Crippen molar-refractivity contribution in [3.63, 3.8) is 0 Å². The molecule has 1 aliphatic carbocycles. The maximum Gasteiger partial charge on any atom is 0.213 e. The second-order valence-electron chi connectivity index (χ2n) is 12.2. The van der Waals surface area contributed by atoms with E-state index < -0.39 is 17.7 Å². The molecule has 2 aliphatic rings. The monoisotopic (exact) mass is 545 g/mol. The number of hydrogen-bond acceptors (Lipinski definition) is 6. The van der Waals surface area contributed by atoms with Crippen LogP contribution in [0.3, 0.4) is 0 Å². The first-order chi connectivity index (χ1) is 19.0. The van der Waals surface area contributed by atoms with Gasteiger partial charge in [0, 0.05) is 35.6 Å². The smallest absolute Gasteiger partial charge is 0.213 e. The van der Waals surface area contributed by atoms with E-state index in [1.807, 2.05) is 18.2 Å². The van der Waals surface area contributed by atoms with Crippen molar-refractivity contribution in [1.82, 2.24) is 10.3 Å². The Morgan fingerprint density at radius 2 is 1.93 bits per heavy atom. The number of carboxylic acid groups (broad SMARTS) is 1. The van der Waals surface area contributed by atoms with Gasteiger partial charge in [-0.2, -0.15) is 0 Å². The number of aryl methyl sites for hydroxylation is 1. The molecule has 1 aromatic heterocycles. The zero-order chi connectivity index (χ0) is 28.6. The van der Waals surface area contributed by atoms with Crippen LogP contribution in [-0.4, -0.2) is 23.6 Å². The van der Waals surface area contributed by atoms with Gasteiger partial charge >= 0.3 is 0 Å². The summed E-state index contributed by atoms with van der Waals surface area (Å²) in [5.41, 5.74) is 5.21.